The number of carbonyl (C=O) groups is 8. The van der Waals surface area contributed by atoms with Crippen LogP contribution >= 0.6 is 31.9 Å². The van der Waals surface area contributed by atoms with E-state index in [9.17, 15) is 38.4 Å². The van der Waals surface area contributed by atoms with Gasteiger partial charge in [0.05, 0.1) is 57.3 Å². The van der Waals surface area contributed by atoms with Gasteiger partial charge in [-0.2, -0.15) is 0 Å². The molecule has 2 N–H and O–H groups in total. The lowest BCUT2D eigenvalue weighted by Gasteiger charge is -2.28. The van der Waals surface area contributed by atoms with Gasteiger partial charge in [-0.3, -0.25) is 43.5 Å². The van der Waals surface area contributed by atoms with Crippen LogP contribution in [0.25, 0.3) is 43.1 Å². The Balaban J connectivity index is 0.000000122. The standard InChI is InChI=1S/C26H29N6O2.C24H24N6O2.C18H14BrN3O2.C12H5BrO3/c1-28-14-16-30(18-28)11-4-10-27-23-9-8-22-24-20(23)6-3-7-21(24)25(33)32(26(22)34)13-5-12-31-17-15-29(2)19-31;31-23-19-5-1-4-18-21(27-8-2-11-28-14-9-25-16-28)7-6-20(22(18)19)24(32)30(23)13-3-12-29-15-10-26-17-29;19-15-6-5-14-16-12(15)3-1-4-13(16)17(23)22(18(14)24)9-2-8-21-10-7-20-11-21;13-9-5-4-8-10-6(9)2-1-3-7(10)11(14)16-12(8)15/h3,6-9,14-19H,4-5,10-13H2,1-2H3;1,4-7,9-10,14-17,27H,2-3,8,11-13H2;1,3-7,10-11H,2,8-9H2;1-5H/q+1;;;/p+1. The van der Waals surface area contributed by atoms with Gasteiger partial charge in [-0.15, -0.1) is 0 Å². The third kappa shape index (κ3) is 14.8. The molecule has 17 rings (SSSR count). The van der Waals surface area contributed by atoms with Crippen molar-refractivity contribution in [3.05, 3.63) is 268 Å². The maximum Gasteiger partial charge on any atom is 0.346 e. The number of esters is 2. The minimum Gasteiger partial charge on any atom is -0.386 e. The molecule has 24 nitrogen and oxygen atoms in total. The molecule has 4 aliphatic rings. The predicted molar refractivity (Wildman–Crippen MR) is 405 cm³/mol. The number of nitrogens with zero attached hydrogens (tertiary/aromatic N) is 13. The number of cyclic esters (lactones) is 2. The summed E-state index contributed by atoms with van der Waals surface area (Å²) in [7, 11) is 3.98. The summed E-state index contributed by atoms with van der Waals surface area (Å²) >= 11 is 6.89. The second-order valence-electron chi connectivity index (χ2n) is 26.0. The van der Waals surface area contributed by atoms with Crippen molar-refractivity contribution in [3.8, 4) is 0 Å². The number of hydrogen-bond acceptors (Lipinski definition) is 14. The Hall–Kier alpha value is -12.0. The Labute approximate surface area is 625 Å². The number of rotatable bonds is 22. The van der Waals surface area contributed by atoms with Crippen molar-refractivity contribution >= 4 is 134 Å². The van der Waals surface area contributed by atoms with E-state index >= 15 is 0 Å². The number of ether oxygens (including phenoxy) is 1. The number of imide groups is 3. The molecule has 0 saturated heterocycles. The molecule has 13 aromatic rings. The van der Waals surface area contributed by atoms with Gasteiger partial charge < -0.3 is 29.1 Å². The SMILES string of the molecule is C[n+]1ccn(CCCNc2ccc3c4c(cccc24)C(=O)N(CCCn2cc[n+](C)c2)C3=O)c1.O=C1OC(=O)c2ccc(Br)c3cccc1c23.O=C1c2cccc3c(Br)ccc(c23)C(=O)N1CCCn1ccnc1.O=C1c2cccc3c(NCCCn4ccnc4)ccc(c23)C(=O)N1CCCn1ccnc1. The van der Waals surface area contributed by atoms with E-state index in [4.69, 9.17) is 0 Å². The number of aryl methyl sites for hydroxylation is 7. The Morgan fingerprint density at radius 3 is 1.04 bits per heavy atom. The zero-order valence-corrected chi connectivity index (χ0v) is 61.2. The molecule has 26 heteroatoms. The van der Waals surface area contributed by atoms with Crippen LogP contribution in [0.5, 0.6) is 0 Å². The van der Waals surface area contributed by atoms with E-state index in [1.165, 1.54) is 14.7 Å². The molecule has 8 aromatic carbocycles. The number of halogens is 2. The molecule has 0 saturated carbocycles. The molecular weight excluding hydrogens is 1470 g/mol. The number of aromatic nitrogens is 10. The summed E-state index contributed by atoms with van der Waals surface area (Å²) in [6.45, 7) is 6.70. The van der Waals surface area contributed by atoms with E-state index in [-0.39, 0.29) is 35.4 Å². The highest BCUT2D eigenvalue weighted by Crippen LogP contribution is 2.39. The highest BCUT2D eigenvalue weighted by atomic mass is 79.9. The summed E-state index contributed by atoms with van der Waals surface area (Å²) in [5.74, 6) is -2.48. The molecule has 0 aliphatic carbocycles. The largest absolute Gasteiger partial charge is 0.386 e. The first-order chi connectivity index (χ1) is 51.6. The Morgan fingerprint density at radius 1 is 0.349 bits per heavy atom. The zero-order valence-electron chi connectivity index (χ0n) is 58.1. The highest BCUT2D eigenvalue weighted by molar-refractivity contribution is 9.11. The first-order valence-electron chi connectivity index (χ1n) is 34.8. The van der Waals surface area contributed by atoms with Crippen LogP contribution in [0.1, 0.15) is 115 Å². The molecule has 0 unspecified atom stereocenters. The van der Waals surface area contributed by atoms with Crippen LogP contribution in [0.3, 0.4) is 0 Å². The van der Waals surface area contributed by atoms with E-state index < -0.39 is 11.9 Å². The van der Waals surface area contributed by atoms with Gasteiger partial charge in [0.2, 0.25) is 12.7 Å². The van der Waals surface area contributed by atoms with Gasteiger partial charge in [-0.1, -0.05) is 80.4 Å². The number of anilines is 2. The lowest BCUT2D eigenvalue weighted by molar-refractivity contribution is -0.671. The Bertz CT molecular complexity index is 5470. The van der Waals surface area contributed by atoms with Gasteiger partial charge in [0.25, 0.3) is 35.4 Å². The van der Waals surface area contributed by atoms with Crippen LogP contribution in [0.4, 0.5) is 11.4 Å². The van der Waals surface area contributed by atoms with Crippen molar-refractivity contribution in [1.29, 1.82) is 0 Å². The van der Waals surface area contributed by atoms with Crippen LogP contribution in [0.15, 0.2) is 224 Å². The number of imidazole rings is 5. The van der Waals surface area contributed by atoms with E-state index in [0.29, 0.717) is 102 Å². The van der Waals surface area contributed by atoms with Gasteiger partial charge in [0, 0.05) is 188 Å². The van der Waals surface area contributed by atoms with Gasteiger partial charge in [0.15, 0.2) is 0 Å². The fourth-order valence-electron chi connectivity index (χ4n) is 14.0. The summed E-state index contributed by atoms with van der Waals surface area (Å²) < 4.78 is 20.5. The summed E-state index contributed by atoms with van der Waals surface area (Å²) in [5.41, 5.74) is 6.31. The summed E-state index contributed by atoms with van der Waals surface area (Å²) in [6, 6.07) is 36.9. The molecule has 0 spiro atoms. The smallest absolute Gasteiger partial charge is 0.346 e. The number of hydrogen-bond donors (Lipinski definition) is 2. The minimum atomic E-state index is -0.582. The third-order valence-corrected chi connectivity index (χ3v) is 20.5. The zero-order chi connectivity index (χ0) is 73.5. The summed E-state index contributed by atoms with van der Waals surface area (Å²) in [6.07, 6.45) is 32.2. The van der Waals surface area contributed by atoms with E-state index in [1.54, 1.807) is 74.0 Å². The maximum absolute atomic E-state index is 13.3. The lowest BCUT2D eigenvalue weighted by Crippen LogP contribution is -2.41. The van der Waals surface area contributed by atoms with Crippen LogP contribution in [-0.4, -0.2) is 133 Å². The van der Waals surface area contributed by atoms with E-state index in [2.05, 4.69) is 83.8 Å². The van der Waals surface area contributed by atoms with E-state index in [1.807, 2.05) is 165 Å². The topological polar surface area (TPSA) is 251 Å². The molecule has 4 aliphatic heterocycles. The molecule has 0 fully saturated rings. The molecule has 0 bridgehead atoms. The quantitative estimate of drug-likeness (QED) is 0.0211. The maximum atomic E-state index is 13.3. The number of benzene rings is 8. The Morgan fingerprint density at radius 2 is 0.660 bits per heavy atom. The van der Waals surface area contributed by atoms with Crippen LogP contribution in [0.2, 0.25) is 0 Å². The van der Waals surface area contributed by atoms with Crippen molar-refractivity contribution in [2.75, 3.05) is 43.4 Å². The fraction of sp³-hybridized carbons (Fsp3) is 0.212. The second-order valence-corrected chi connectivity index (χ2v) is 27.8. The monoisotopic (exact) mass is 1550 g/mol. The molecule has 534 valence electrons. The molecule has 5 aromatic heterocycles. The third-order valence-electron chi connectivity index (χ3n) is 19.1. The Kier molecular flexibility index (Phi) is 21.1. The van der Waals surface area contributed by atoms with Crippen molar-refractivity contribution < 1.29 is 52.2 Å². The van der Waals surface area contributed by atoms with Gasteiger partial charge in [-0.25, -0.2) is 42.8 Å². The van der Waals surface area contributed by atoms with Crippen LogP contribution < -0.4 is 19.8 Å². The summed E-state index contributed by atoms with van der Waals surface area (Å²) in [5, 5.41) is 13.4. The van der Waals surface area contributed by atoms with Crippen LogP contribution in [-0.2, 0) is 51.6 Å². The van der Waals surface area contributed by atoms with Crippen molar-refractivity contribution in [2.45, 2.75) is 64.8 Å². The predicted octanol–water partition coefficient (Wildman–Crippen LogP) is 12.1. The van der Waals surface area contributed by atoms with Gasteiger partial charge in [0.1, 0.15) is 24.8 Å². The minimum absolute atomic E-state index is 0.209. The molecule has 9 heterocycles. The second kappa shape index (κ2) is 31.5. The number of amides is 6. The summed E-state index contributed by atoms with van der Waals surface area (Å²) in [4.78, 5) is 118. The normalized spacial score (nSPS) is 13.5. The first-order valence-corrected chi connectivity index (χ1v) is 36.4. The van der Waals surface area contributed by atoms with Crippen molar-refractivity contribution in [2.24, 2.45) is 14.1 Å². The molecule has 6 amide bonds. The first kappa shape index (κ1) is 71.0. The average Bonchev–Trinajstić information content (AvgIpc) is 0.837. The molecule has 0 radical (unpaired) electrons. The van der Waals surface area contributed by atoms with Crippen LogP contribution in [0, 0.1) is 0 Å². The molecule has 106 heavy (non-hydrogen) atoms. The fourth-order valence-corrected chi connectivity index (χ4v) is 14.9. The average molecular weight is 1550 g/mol. The lowest BCUT2D eigenvalue weighted by atomic mass is 9.93. The molecular formula is C80H73Br2N15O9+2. The number of carbonyl (C=O) groups excluding carboxylic acids is 8. The van der Waals surface area contributed by atoms with Crippen molar-refractivity contribution in [1.82, 2.24) is 52.5 Å². The van der Waals surface area contributed by atoms with Gasteiger partial charge in [-0.05, 0) is 103 Å². The molecule has 0 atom stereocenters. The van der Waals surface area contributed by atoms with Crippen molar-refractivity contribution in [3.63, 3.8) is 0 Å². The number of nitrogens with one attached hydrogen (secondary N) is 2. The van der Waals surface area contributed by atoms with E-state index in [0.717, 1.165) is 104 Å². The van der Waals surface area contributed by atoms with Gasteiger partial charge >= 0.3 is 11.9 Å². The highest BCUT2D eigenvalue weighted by Gasteiger charge is 2.36.